The zero-order valence-electron chi connectivity index (χ0n) is 19.4. The second-order valence-electron chi connectivity index (χ2n) is 7.81. The summed E-state index contributed by atoms with van der Waals surface area (Å²) in [5, 5.41) is 23.4. The number of phenolic OH excluding ortho intramolecular Hbond substituents is 1. The highest BCUT2D eigenvalue weighted by Crippen LogP contribution is 2.42. The van der Waals surface area contributed by atoms with Crippen LogP contribution in [0.3, 0.4) is 0 Å². The quantitative estimate of drug-likeness (QED) is 0.170. The van der Waals surface area contributed by atoms with Crippen LogP contribution in [0.15, 0.2) is 75.8 Å². The number of nitrogens with one attached hydrogen (secondary N) is 1. The fourth-order valence-electron chi connectivity index (χ4n) is 3.75. The average molecular weight is 560 g/mol. The zero-order valence-corrected chi connectivity index (χ0v) is 21.7. The van der Waals surface area contributed by atoms with E-state index in [9.17, 15) is 22.9 Å². The van der Waals surface area contributed by atoms with Crippen LogP contribution in [0.2, 0.25) is 10.0 Å². The Morgan fingerprint density at radius 2 is 1.68 bits per heavy atom. The first-order valence-corrected chi connectivity index (χ1v) is 12.8. The molecule has 37 heavy (non-hydrogen) atoms. The van der Waals surface area contributed by atoms with E-state index in [0.29, 0.717) is 16.5 Å². The molecule has 4 aromatic carbocycles. The molecule has 0 radical (unpaired) electrons. The Bertz CT molecular complexity index is 1690. The smallest absolute Gasteiger partial charge is 0.294 e. The molecular weight excluding hydrogens is 541 g/mol. The van der Waals surface area contributed by atoms with E-state index < -0.39 is 21.8 Å². The highest BCUT2D eigenvalue weighted by molar-refractivity contribution is 7.85. The Labute approximate surface area is 222 Å². The fraction of sp³-hybridized carbons (Fsp3) is 0.0800. The van der Waals surface area contributed by atoms with Crippen LogP contribution in [0.25, 0.3) is 10.8 Å². The number of hydrogen-bond donors (Lipinski definition) is 3. The summed E-state index contributed by atoms with van der Waals surface area (Å²) in [6, 6.07) is 15.6. The third-order valence-electron chi connectivity index (χ3n) is 5.52. The maximum absolute atomic E-state index is 13.2. The fourth-order valence-corrected chi connectivity index (χ4v) is 4.96. The molecule has 0 spiro atoms. The molecule has 0 heterocycles. The minimum atomic E-state index is -4.54. The summed E-state index contributed by atoms with van der Waals surface area (Å²) in [6.07, 6.45) is 0. The van der Waals surface area contributed by atoms with Crippen molar-refractivity contribution in [3.05, 3.63) is 81.8 Å². The van der Waals surface area contributed by atoms with Crippen molar-refractivity contribution in [2.75, 3.05) is 12.4 Å². The lowest BCUT2D eigenvalue weighted by Gasteiger charge is -2.14. The second-order valence-corrected chi connectivity index (χ2v) is 10.0. The van der Waals surface area contributed by atoms with Crippen LogP contribution in [-0.4, -0.2) is 31.1 Å². The summed E-state index contributed by atoms with van der Waals surface area (Å²) < 4.78 is 38.1. The minimum Gasteiger partial charge on any atom is -0.505 e. The normalized spacial score (nSPS) is 11.7. The average Bonchev–Trinajstić information content (AvgIpc) is 2.84. The highest BCUT2D eigenvalue weighted by atomic mass is 35.5. The number of ether oxygens (including phenoxy) is 1. The molecule has 0 unspecified atom stereocenters. The van der Waals surface area contributed by atoms with Crippen LogP contribution in [0.4, 0.5) is 17.1 Å². The Balaban J connectivity index is 1.84. The van der Waals surface area contributed by atoms with Crippen molar-refractivity contribution in [2.45, 2.75) is 11.8 Å². The number of methoxy groups -OCH3 is 1. The van der Waals surface area contributed by atoms with Crippen LogP contribution in [0, 0.1) is 6.92 Å². The van der Waals surface area contributed by atoms with Gasteiger partial charge in [-0.3, -0.25) is 9.35 Å². The topological polar surface area (TPSA) is 138 Å². The number of amides is 1. The van der Waals surface area contributed by atoms with Crippen molar-refractivity contribution in [1.29, 1.82) is 0 Å². The van der Waals surface area contributed by atoms with Gasteiger partial charge in [0.2, 0.25) is 0 Å². The van der Waals surface area contributed by atoms with E-state index in [-0.39, 0.29) is 43.2 Å². The van der Waals surface area contributed by atoms with Gasteiger partial charge in [0, 0.05) is 5.39 Å². The number of carbonyl (C=O) groups is 1. The standard InChI is InChI=1S/C25H19Cl2N3O6S/c1-13-20(37(33,34)35)11-10-17(26)21(13)29-30-22-15-7-4-3-6-14(15)12-16(23(22)31)25(32)28-19-9-5-8-18(27)24(19)36-2/h3-12,31H,1-2H3,(H,28,32)(H,33,34,35). The number of hydrogen-bond acceptors (Lipinski definition) is 7. The summed E-state index contributed by atoms with van der Waals surface area (Å²) in [5.41, 5.74) is 0.168. The molecule has 12 heteroatoms. The molecule has 0 saturated carbocycles. The van der Waals surface area contributed by atoms with Gasteiger partial charge in [-0.25, -0.2) is 0 Å². The van der Waals surface area contributed by atoms with Crippen LogP contribution in [0.1, 0.15) is 15.9 Å². The molecule has 190 valence electrons. The van der Waals surface area contributed by atoms with Crippen molar-refractivity contribution in [3.63, 3.8) is 0 Å². The lowest BCUT2D eigenvalue weighted by molar-refractivity contribution is 0.102. The first-order valence-electron chi connectivity index (χ1n) is 10.6. The first kappa shape index (κ1) is 26.4. The third-order valence-corrected chi connectivity index (χ3v) is 7.12. The van der Waals surface area contributed by atoms with Gasteiger partial charge in [-0.15, -0.1) is 10.2 Å². The summed E-state index contributed by atoms with van der Waals surface area (Å²) >= 11 is 12.4. The molecule has 0 aliphatic heterocycles. The number of rotatable bonds is 6. The molecule has 0 atom stereocenters. The molecule has 0 aromatic heterocycles. The Morgan fingerprint density at radius 1 is 0.973 bits per heavy atom. The van der Waals surface area contributed by atoms with E-state index in [1.54, 1.807) is 42.5 Å². The molecular formula is C25H19Cl2N3O6S. The van der Waals surface area contributed by atoms with Gasteiger partial charge in [0.15, 0.2) is 11.5 Å². The highest BCUT2D eigenvalue weighted by Gasteiger charge is 2.21. The van der Waals surface area contributed by atoms with E-state index in [1.165, 1.54) is 26.2 Å². The van der Waals surface area contributed by atoms with Gasteiger partial charge in [-0.1, -0.05) is 53.5 Å². The minimum absolute atomic E-state index is 0.0289. The first-order chi connectivity index (χ1) is 17.5. The van der Waals surface area contributed by atoms with E-state index in [0.717, 1.165) is 6.07 Å². The van der Waals surface area contributed by atoms with Crippen LogP contribution >= 0.6 is 23.2 Å². The van der Waals surface area contributed by atoms with Gasteiger partial charge in [0.05, 0.1) is 33.3 Å². The molecule has 0 fully saturated rings. The monoisotopic (exact) mass is 559 g/mol. The number of carbonyl (C=O) groups excluding carboxylic acids is 1. The SMILES string of the molecule is COc1c(Cl)cccc1NC(=O)c1cc2ccccc2c(N=Nc2c(Cl)ccc(S(=O)(=O)O)c2C)c1O. The number of halogens is 2. The molecule has 0 aliphatic rings. The Kier molecular flexibility index (Phi) is 7.37. The largest absolute Gasteiger partial charge is 0.505 e. The zero-order chi connectivity index (χ0) is 26.9. The third kappa shape index (κ3) is 5.23. The molecule has 0 aliphatic carbocycles. The van der Waals surface area contributed by atoms with Gasteiger partial charge in [-0.2, -0.15) is 8.42 Å². The summed E-state index contributed by atoms with van der Waals surface area (Å²) in [4.78, 5) is 12.8. The van der Waals surface area contributed by atoms with Crippen LogP contribution in [0.5, 0.6) is 11.5 Å². The predicted molar refractivity (Wildman–Crippen MR) is 142 cm³/mol. The van der Waals surface area contributed by atoms with Crippen molar-refractivity contribution >= 4 is 67.1 Å². The van der Waals surface area contributed by atoms with Crippen LogP contribution < -0.4 is 10.1 Å². The number of para-hydroxylation sites is 1. The van der Waals surface area contributed by atoms with Crippen molar-refractivity contribution in [1.82, 2.24) is 0 Å². The number of benzene rings is 4. The number of nitrogens with zero attached hydrogens (tertiary/aromatic N) is 2. The molecule has 0 saturated heterocycles. The predicted octanol–water partition coefficient (Wildman–Crippen LogP) is 7.08. The number of anilines is 1. The summed E-state index contributed by atoms with van der Waals surface area (Å²) in [5.74, 6) is -0.884. The molecule has 9 nitrogen and oxygen atoms in total. The molecule has 3 N–H and O–H groups in total. The van der Waals surface area contributed by atoms with Gasteiger partial charge in [-0.05, 0) is 48.2 Å². The van der Waals surface area contributed by atoms with Gasteiger partial charge >= 0.3 is 0 Å². The van der Waals surface area contributed by atoms with Crippen LogP contribution in [-0.2, 0) is 10.1 Å². The van der Waals surface area contributed by atoms with E-state index >= 15 is 0 Å². The molecule has 0 bridgehead atoms. The van der Waals surface area contributed by atoms with E-state index in [2.05, 4.69) is 15.5 Å². The molecule has 1 amide bonds. The number of fused-ring (bicyclic) bond motifs is 1. The van der Waals surface area contributed by atoms with Gasteiger partial charge < -0.3 is 15.2 Å². The van der Waals surface area contributed by atoms with Gasteiger partial charge in [0.1, 0.15) is 11.4 Å². The maximum atomic E-state index is 13.2. The number of aromatic hydroxyl groups is 1. The van der Waals surface area contributed by atoms with Crippen molar-refractivity contribution in [3.8, 4) is 11.5 Å². The second kappa shape index (κ2) is 10.3. The van der Waals surface area contributed by atoms with Gasteiger partial charge in [0.25, 0.3) is 16.0 Å². The molecule has 4 aromatic rings. The van der Waals surface area contributed by atoms with Crippen molar-refractivity contribution < 1.29 is 27.6 Å². The lowest BCUT2D eigenvalue weighted by atomic mass is 10.0. The van der Waals surface area contributed by atoms with E-state index in [4.69, 9.17) is 27.9 Å². The lowest BCUT2D eigenvalue weighted by Crippen LogP contribution is -2.13. The Hall–Kier alpha value is -3.70. The maximum Gasteiger partial charge on any atom is 0.294 e. The van der Waals surface area contributed by atoms with Crippen molar-refractivity contribution in [2.24, 2.45) is 10.2 Å². The molecule has 4 rings (SSSR count). The Morgan fingerprint density at radius 3 is 2.38 bits per heavy atom. The number of phenols is 1. The van der Waals surface area contributed by atoms with E-state index in [1.807, 2.05) is 0 Å². The summed E-state index contributed by atoms with van der Waals surface area (Å²) in [6.45, 7) is 1.41. The summed E-state index contributed by atoms with van der Waals surface area (Å²) in [7, 11) is -3.13. The number of azo groups is 1.